The molecule has 0 aliphatic heterocycles. The van der Waals surface area contributed by atoms with Crippen LogP contribution in [0.3, 0.4) is 0 Å². The average molecular weight is 261 g/mol. The molecule has 0 atom stereocenters. The molecule has 0 amide bonds. The van der Waals surface area contributed by atoms with Gasteiger partial charge in [-0.25, -0.2) is 0 Å². The lowest BCUT2D eigenvalue weighted by atomic mass is 10.2. The smallest absolute Gasteiger partial charge is 0.0705 e. The quantitative estimate of drug-likeness (QED) is 0.624. The summed E-state index contributed by atoms with van der Waals surface area (Å²) in [5.41, 5.74) is 4.28. The highest BCUT2D eigenvalue weighted by Gasteiger charge is 2.02. The number of thiophene rings is 1. The van der Waals surface area contributed by atoms with Crippen molar-refractivity contribution in [1.82, 2.24) is 5.48 Å². The number of benzene rings is 1. The van der Waals surface area contributed by atoms with E-state index in [1.165, 1.54) is 15.3 Å². The van der Waals surface area contributed by atoms with E-state index in [1.54, 1.807) is 11.3 Å². The monoisotopic (exact) mass is 261 g/mol. The molecule has 96 valence electrons. The van der Waals surface area contributed by atoms with Crippen LogP contribution in [0.25, 0.3) is 10.4 Å². The predicted molar refractivity (Wildman–Crippen MR) is 77.4 cm³/mol. The maximum Gasteiger partial charge on any atom is 0.0705 e. The van der Waals surface area contributed by atoms with E-state index in [2.05, 4.69) is 55.7 Å². The zero-order chi connectivity index (χ0) is 12.8. The summed E-state index contributed by atoms with van der Waals surface area (Å²) in [5.74, 6) is 0.556. The number of hydrogen-bond acceptors (Lipinski definition) is 3. The third kappa shape index (κ3) is 3.95. The first kappa shape index (κ1) is 13.3. The van der Waals surface area contributed by atoms with Gasteiger partial charge in [-0.15, -0.1) is 11.3 Å². The third-order valence-corrected chi connectivity index (χ3v) is 3.62. The van der Waals surface area contributed by atoms with Crippen molar-refractivity contribution in [2.75, 3.05) is 6.61 Å². The minimum Gasteiger partial charge on any atom is -0.301 e. The van der Waals surface area contributed by atoms with E-state index in [4.69, 9.17) is 4.84 Å². The van der Waals surface area contributed by atoms with E-state index in [9.17, 15) is 0 Å². The highest BCUT2D eigenvalue weighted by molar-refractivity contribution is 7.15. The Morgan fingerprint density at radius 3 is 2.61 bits per heavy atom. The van der Waals surface area contributed by atoms with Gasteiger partial charge in [-0.05, 0) is 23.6 Å². The molecule has 0 bridgehead atoms. The van der Waals surface area contributed by atoms with Crippen LogP contribution in [-0.4, -0.2) is 6.61 Å². The van der Waals surface area contributed by atoms with Crippen molar-refractivity contribution in [3.05, 3.63) is 47.3 Å². The zero-order valence-electron chi connectivity index (χ0n) is 10.8. The summed E-state index contributed by atoms with van der Waals surface area (Å²) in [7, 11) is 0. The van der Waals surface area contributed by atoms with Crippen molar-refractivity contribution in [2.45, 2.75) is 20.4 Å². The Balaban J connectivity index is 1.87. The topological polar surface area (TPSA) is 21.3 Å². The summed E-state index contributed by atoms with van der Waals surface area (Å²) >= 11 is 1.80. The van der Waals surface area contributed by atoms with E-state index < -0.39 is 0 Å². The first-order valence-corrected chi connectivity index (χ1v) is 7.06. The zero-order valence-corrected chi connectivity index (χ0v) is 11.7. The minimum atomic E-state index is 0.556. The Kier molecular flexibility index (Phi) is 4.93. The lowest BCUT2D eigenvalue weighted by Gasteiger charge is -2.06. The van der Waals surface area contributed by atoms with Crippen LogP contribution in [-0.2, 0) is 11.4 Å². The minimum absolute atomic E-state index is 0.556. The van der Waals surface area contributed by atoms with E-state index in [0.29, 0.717) is 5.92 Å². The molecule has 18 heavy (non-hydrogen) atoms. The number of hydrogen-bond donors (Lipinski definition) is 1. The van der Waals surface area contributed by atoms with E-state index in [-0.39, 0.29) is 0 Å². The van der Waals surface area contributed by atoms with Gasteiger partial charge in [0.25, 0.3) is 0 Å². The van der Waals surface area contributed by atoms with Gasteiger partial charge in [0.15, 0.2) is 0 Å². The van der Waals surface area contributed by atoms with Crippen LogP contribution in [0.15, 0.2) is 42.5 Å². The molecule has 0 spiro atoms. The molecule has 0 saturated heterocycles. The van der Waals surface area contributed by atoms with Crippen molar-refractivity contribution >= 4 is 11.3 Å². The molecular weight excluding hydrogens is 242 g/mol. The molecule has 0 unspecified atom stereocenters. The number of hydroxylamine groups is 1. The molecule has 0 aliphatic rings. The molecule has 3 heteroatoms. The second kappa shape index (κ2) is 6.69. The molecular formula is C15H19NOS. The fraction of sp³-hybridized carbons (Fsp3) is 0.333. The fourth-order valence-electron chi connectivity index (χ4n) is 1.58. The molecule has 0 saturated carbocycles. The molecule has 0 fully saturated rings. The van der Waals surface area contributed by atoms with Gasteiger partial charge >= 0.3 is 0 Å². The molecule has 1 aromatic heterocycles. The Hall–Kier alpha value is -1.16. The van der Waals surface area contributed by atoms with Gasteiger partial charge in [0.1, 0.15) is 0 Å². The summed E-state index contributed by atoms with van der Waals surface area (Å²) in [6.07, 6.45) is 0. The van der Waals surface area contributed by atoms with Crippen LogP contribution in [0.2, 0.25) is 0 Å². The summed E-state index contributed by atoms with van der Waals surface area (Å²) in [6.45, 7) is 5.79. The van der Waals surface area contributed by atoms with Crippen LogP contribution in [0.1, 0.15) is 18.7 Å². The Morgan fingerprint density at radius 1 is 1.11 bits per heavy atom. The summed E-state index contributed by atoms with van der Waals surface area (Å²) < 4.78 is 0. The first-order chi connectivity index (χ1) is 8.75. The van der Waals surface area contributed by atoms with Crippen LogP contribution in [0.5, 0.6) is 0 Å². The van der Waals surface area contributed by atoms with Gasteiger partial charge in [0.2, 0.25) is 0 Å². The molecule has 1 heterocycles. The number of rotatable bonds is 6. The second-order valence-electron chi connectivity index (χ2n) is 4.66. The normalized spacial score (nSPS) is 11.1. The third-order valence-electron chi connectivity index (χ3n) is 2.49. The lowest BCUT2D eigenvalue weighted by Crippen LogP contribution is -2.16. The van der Waals surface area contributed by atoms with Crippen molar-refractivity contribution < 1.29 is 4.84 Å². The highest BCUT2D eigenvalue weighted by atomic mass is 32.1. The van der Waals surface area contributed by atoms with Crippen LogP contribution >= 0.6 is 11.3 Å². The second-order valence-corrected chi connectivity index (χ2v) is 5.83. The Morgan fingerprint density at radius 2 is 1.89 bits per heavy atom. The first-order valence-electron chi connectivity index (χ1n) is 6.24. The van der Waals surface area contributed by atoms with Crippen molar-refractivity contribution in [2.24, 2.45) is 5.92 Å². The molecule has 2 rings (SSSR count). The standard InChI is InChI=1S/C15H19NOS/c1-12(2)11-17-16-10-14-8-9-15(18-14)13-6-4-3-5-7-13/h3-9,12,16H,10-11H2,1-2H3. The SMILES string of the molecule is CC(C)CONCc1ccc(-c2ccccc2)s1. The van der Waals surface area contributed by atoms with Crippen LogP contribution < -0.4 is 5.48 Å². The van der Waals surface area contributed by atoms with Gasteiger partial charge in [-0.1, -0.05) is 44.2 Å². The van der Waals surface area contributed by atoms with Gasteiger partial charge in [0, 0.05) is 9.75 Å². The van der Waals surface area contributed by atoms with E-state index in [1.807, 2.05) is 6.07 Å². The molecule has 1 aromatic carbocycles. The summed E-state index contributed by atoms with van der Waals surface area (Å²) in [4.78, 5) is 7.96. The van der Waals surface area contributed by atoms with Gasteiger partial charge < -0.3 is 4.84 Å². The van der Waals surface area contributed by atoms with Crippen LogP contribution in [0.4, 0.5) is 0 Å². The van der Waals surface area contributed by atoms with Crippen LogP contribution in [0, 0.1) is 5.92 Å². The largest absolute Gasteiger partial charge is 0.301 e. The highest BCUT2D eigenvalue weighted by Crippen LogP contribution is 2.27. The predicted octanol–water partition coefficient (Wildman–Crippen LogP) is 4.09. The lowest BCUT2D eigenvalue weighted by molar-refractivity contribution is 0.0201. The fourth-order valence-corrected chi connectivity index (χ4v) is 2.52. The summed E-state index contributed by atoms with van der Waals surface area (Å²) in [5, 5.41) is 0. The molecule has 0 radical (unpaired) electrons. The van der Waals surface area contributed by atoms with E-state index in [0.717, 1.165) is 13.2 Å². The molecule has 1 N–H and O–H groups in total. The van der Waals surface area contributed by atoms with E-state index >= 15 is 0 Å². The van der Waals surface area contributed by atoms with Gasteiger partial charge in [-0.3, -0.25) is 0 Å². The van der Waals surface area contributed by atoms with Crippen molar-refractivity contribution in [3.8, 4) is 10.4 Å². The Bertz CT molecular complexity index is 464. The average Bonchev–Trinajstić information content (AvgIpc) is 2.84. The maximum absolute atomic E-state index is 5.37. The number of nitrogens with one attached hydrogen (secondary N) is 1. The van der Waals surface area contributed by atoms with Gasteiger partial charge in [0.05, 0.1) is 13.2 Å². The van der Waals surface area contributed by atoms with Crippen molar-refractivity contribution in [1.29, 1.82) is 0 Å². The summed E-state index contributed by atoms with van der Waals surface area (Å²) in [6, 6.07) is 14.8. The molecule has 2 aromatic rings. The molecule has 2 nitrogen and oxygen atoms in total. The molecule has 0 aliphatic carbocycles. The Labute approximate surface area is 113 Å². The van der Waals surface area contributed by atoms with Crippen molar-refractivity contribution in [3.63, 3.8) is 0 Å². The van der Waals surface area contributed by atoms with Gasteiger partial charge in [-0.2, -0.15) is 5.48 Å². The maximum atomic E-state index is 5.37.